The van der Waals surface area contributed by atoms with E-state index in [2.05, 4.69) is 5.32 Å². The summed E-state index contributed by atoms with van der Waals surface area (Å²) in [5.74, 6) is -1.45. The number of amides is 2. The predicted octanol–water partition coefficient (Wildman–Crippen LogP) is -1.13. The van der Waals surface area contributed by atoms with Crippen molar-refractivity contribution >= 4 is 11.8 Å². The molecule has 0 aliphatic heterocycles. The lowest BCUT2D eigenvalue weighted by molar-refractivity contribution is -0.124. The van der Waals surface area contributed by atoms with Gasteiger partial charge in [-0.2, -0.15) is 0 Å². The number of nitrogens with one attached hydrogen (secondary N) is 2. The van der Waals surface area contributed by atoms with Crippen LogP contribution in [-0.2, 0) is 9.59 Å². The Kier molecular flexibility index (Phi) is 2.06. The Balaban J connectivity index is 4.21. The molecule has 0 unspecified atom stereocenters. The topological polar surface area (TPSA) is 58.2 Å². The van der Waals surface area contributed by atoms with Crippen molar-refractivity contribution in [1.29, 1.82) is 0 Å². The van der Waals surface area contributed by atoms with Gasteiger partial charge in [0.1, 0.15) is 0 Å². The van der Waals surface area contributed by atoms with Gasteiger partial charge in [-0.3, -0.25) is 9.59 Å². The third kappa shape index (κ3) is 4.80. The van der Waals surface area contributed by atoms with Gasteiger partial charge in [0.15, 0.2) is 0 Å². The molecule has 0 aliphatic rings. The molecule has 0 saturated carbocycles. The van der Waals surface area contributed by atoms with Crippen molar-refractivity contribution in [3.05, 3.63) is 0 Å². The van der Waals surface area contributed by atoms with Gasteiger partial charge < -0.3 is 10.6 Å². The molecule has 0 radical (unpaired) electrons. The average Bonchev–Trinajstić information content (AvgIpc) is 1.83. The predicted molar refractivity (Wildman–Crippen MR) is 32.8 cm³/mol. The van der Waals surface area contributed by atoms with Gasteiger partial charge in [-0.1, -0.05) is 0 Å². The van der Waals surface area contributed by atoms with E-state index in [1.165, 1.54) is 7.05 Å². The molecule has 4 heteroatoms. The van der Waals surface area contributed by atoms with Gasteiger partial charge in [0.25, 0.3) is 0 Å². The van der Waals surface area contributed by atoms with Gasteiger partial charge in [-0.25, -0.2) is 0 Å². The molecule has 2 N–H and O–H groups in total. The van der Waals surface area contributed by atoms with Crippen molar-refractivity contribution in [3.63, 3.8) is 0 Å². The first kappa shape index (κ1) is 4.78. The van der Waals surface area contributed by atoms with Crippen LogP contribution in [0, 0.1) is 0 Å². The number of carbonyl (C=O) groups excluding carboxylic acids is 2. The largest absolute Gasteiger partial charge is 0.358 e. The summed E-state index contributed by atoms with van der Waals surface area (Å²) in [6, 6.07) is 0. The molecule has 0 saturated heterocycles. The Morgan fingerprint density at radius 2 is 2.22 bits per heavy atom. The second kappa shape index (κ2) is 3.88. The lowest BCUT2D eigenvalue weighted by Crippen LogP contribution is -2.33. The first-order chi connectivity index (χ1) is 4.90. The van der Waals surface area contributed by atoms with Crippen LogP contribution in [0.2, 0.25) is 0 Å². The summed E-state index contributed by atoms with van der Waals surface area (Å²) in [5.41, 5.74) is 0. The van der Waals surface area contributed by atoms with Crippen molar-refractivity contribution in [3.8, 4) is 0 Å². The Morgan fingerprint density at radius 3 is 2.56 bits per heavy atom. The van der Waals surface area contributed by atoms with Gasteiger partial charge >= 0.3 is 0 Å². The van der Waals surface area contributed by atoms with Crippen molar-refractivity contribution in [2.24, 2.45) is 0 Å². The van der Waals surface area contributed by atoms with E-state index in [1.807, 2.05) is 5.32 Å². The normalized spacial score (nSPS) is 13.1. The summed E-state index contributed by atoms with van der Waals surface area (Å²) >= 11 is 0. The van der Waals surface area contributed by atoms with E-state index in [9.17, 15) is 9.59 Å². The van der Waals surface area contributed by atoms with Crippen LogP contribution in [0.5, 0.6) is 0 Å². The zero-order valence-electron chi connectivity index (χ0n) is 7.32. The lowest BCUT2D eigenvalue weighted by atomic mass is 10.5. The Morgan fingerprint density at radius 1 is 1.67 bits per heavy atom. The quantitative estimate of drug-likeness (QED) is 0.499. The fourth-order valence-corrected chi connectivity index (χ4v) is 0.207. The third-order valence-electron chi connectivity index (χ3n) is 0.579. The molecule has 0 aromatic carbocycles. The second-order valence-corrected chi connectivity index (χ2v) is 1.39. The fourth-order valence-electron chi connectivity index (χ4n) is 0.207. The lowest BCUT2D eigenvalue weighted by Gasteiger charge is -1.98. The van der Waals surface area contributed by atoms with E-state index in [0.717, 1.165) is 6.92 Å². The molecule has 0 rings (SSSR count). The Labute approximate surface area is 56.4 Å². The highest BCUT2D eigenvalue weighted by atomic mass is 16.2. The van der Waals surface area contributed by atoms with Gasteiger partial charge in [0.2, 0.25) is 11.8 Å². The van der Waals surface area contributed by atoms with E-state index in [0.29, 0.717) is 0 Å². The average molecular weight is 132 g/mol. The zero-order chi connectivity index (χ0) is 9.07. The Bertz CT molecular complexity index is 181. The zero-order valence-corrected chi connectivity index (χ0v) is 5.32. The number of hydrogen-bond acceptors (Lipinski definition) is 2. The first-order valence-corrected chi connectivity index (χ1v) is 2.41. The summed E-state index contributed by atoms with van der Waals surface area (Å²) < 4.78 is 14.0. The maximum atomic E-state index is 10.7. The van der Waals surface area contributed by atoms with E-state index >= 15 is 0 Å². The van der Waals surface area contributed by atoms with E-state index in [1.54, 1.807) is 0 Å². The highest BCUT2D eigenvalue weighted by Gasteiger charge is 1.95. The second-order valence-electron chi connectivity index (χ2n) is 1.39. The molecule has 0 aromatic rings. The van der Waals surface area contributed by atoms with Crippen molar-refractivity contribution in [2.45, 2.75) is 6.92 Å². The summed E-state index contributed by atoms with van der Waals surface area (Å²) in [6.07, 6.45) is 0. The van der Waals surface area contributed by atoms with E-state index in [4.69, 9.17) is 2.74 Å². The summed E-state index contributed by atoms with van der Waals surface area (Å²) in [5, 5.41) is 3.93. The molecule has 0 fully saturated rings. The summed E-state index contributed by atoms with van der Waals surface area (Å²) in [6.45, 7) is -1.18. The molecular weight excluding hydrogens is 120 g/mol. The first-order valence-electron chi connectivity index (χ1n) is 3.41. The number of carbonyl (C=O) groups is 2. The Hall–Kier alpha value is -1.06. The van der Waals surface area contributed by atoms with Crippen LogP contribution < -0.4 is 10.6 Å². The summed E-state index contributed by atoms with van der Waals surface area (Å²) in [4.78, 5) is 21.0. The molecule has 0 aromatic heterocycles. The number of hydrogen-bond donors (Lipinski definition) is 2. The minimum atomic E-state index is -2.32. The molecule has 9 heavy (non-hydrogen) atoms. The fraction of sp³-hybridized carbons (Fsp3) is 0.600. The minimum Gasteiger partial charge on any atom is -0.358 e. The molecule has 0 heterocycles. The molecule has 52 valence electrons. The molecule has 4 nitrogen and oxygen atoms in total. The van der Waals surface area contributed by atoms with E-state index in [-0.39, 0.29) is 0 Å². The number of rotatable bonds is 2. The van der Waals surface area contributed by atoms with Crippen molar-refractivity contribution in [2.75, 3.05) is 13.5 Å². The van der Waals surface area contributed by atoms with Crippen LogP contribution in [0.3, 0.4) is 0 Å². The van der Waals surface area contributed by atoms with Gasteiger partial charge in [-0.05, 0) is 0 Å². The van der Waals surface area contributed by atoms with Crippen molar-refractivity contribution < 1.29 is 12.3 Å². The van der Waals surface area contributed by atoms with Crippen LogP contribution in [0.25, 0.3) is 0 Å². The minimum absolute atomic E-state index is 0.585. The molecule has 0 bridgehead atoms. The molecule has 0 aliphatic carbocycles. The molecular formula is C5H10N2O2. The number of likely N-dealkylation sites (N-methyl/N-ethyl adjacent to an activating group) is 1. The van der Waals surface area contributed by atoms with Crippen LogP contribution in [0.1, 0.15) is 9.67 Å². The van der Waals surface area contributed by atoms with Crippen LogP contribution in [-0.4, -0.2) is 25.4 Å². The van der Waals surface area contributed by atoms with Gasteiger partial charge in [-0.15, -0.1) is 0 Å². The maximum Gasteiger partial charge on any atom is 0.239 e. The molecule has 0 atom stereocenters. The van der Waals surface area contributed by atoms with Gasteiger partial charge in [0, 0.05) is 14.0 Å². The monoisotopic (exact) mass is 132 g/mol. The van der Waals surface area contributed by atoms with E-state index < -0.39 is 18.3 Å². The smallest absolute Gasteiger partial charge is 0.239 e. The third-order valence-corrected chi connectivity index (χ3v) is 0.579. The highest BCUT2D eigenvalue weighted by Crippen LogP contribution is 1.61. The SMILES string of the molecule is [2H]C([2H])(NC(C)=O)C(=O)NC. The van der Waals surface area contributed by atoms with Crippen LogP contribution >= 0.6 is 0 Å². The maximum absolute atomic E-state index is 10.7. The van der Waals surface area contributed by atoms with Crippen LogP contribution in [0.15, 0.2) is 0 Å². The van der Waals surface area contributed by atoms with Crippen LogP contribution in [0.4, 0.5) is 0 Å². The van der Waals surface area contributed by atoms with Crippen molar-refractivity contribution in [1.82, 2.24) is 10.6 Å². The molecule has 2 amide bonds. The molecule has 0 spiro atoms. The van der Waals surface area contributed by atoms with Gasteiger partial charge in [0.05, 0.1) is 9.24 Å². The standard InChI is InChI=1S/C5H10N2O2/c1-4(8)7-3-5(9)6-2/h3H2,1-2H3,(H,6,9)(H,7,8)/i3D2. The highest BCUT2D eigenvalue weighted by molar-refractivity contribution is 5.83. The summed E-state index contributed by atoms with van der Waals surface area (Å²) in [7, 11) is 1.29.